The van der Waals surface area contributed by atoms with Gasteiger partial charge in [-0.05, 0) is 42.0 Å². The quantitative estimate of drug-likeness (QED) is 0.715. The molecule has 0 saturated heterocycles. The predicted molar refractivity (Wildman–Crippen MR) is 103 cm³/mol. The summed E-state index contributed by atoms with van der Waals surface area (Å²) >= 11 is 0. The number of carbonyl (C=O) groups excluding carboxylic acids is 1. The van der Waals surface area contributed by atoms with Gasteiger partial charge in [0.05, 0.1) is 25.9 Å². The Kier molecular flexibility index (Phi) is 5.61. The first-order chi connectivity index (χ1) is 13.5. The second-order valence-corrected chi connectivity index (χ2v) is 6.14. The summed E-state index contributed by atoms with van der Waals surface area (Å²) in [5.74, 6) is 1.61. The average Bonchev–Trinajstić information content (AvgIpc) is 3.16. The van der Waals surface area contributed by atoms with Gasteiger partial charge in [-0.3, -0.25) is 4.79 Å². The first-order valence-corrected chi connectivity index (χ1v) is 8.57. The molecule has 0 aliphatic carbocycles. The second-order valence-electron chi connectivity index (χ2n) is 6.14. The van der Waals surface area contributed by atoms with Crippen LogP contribution in [0.2, 0.25) is 0 Å². The van der Waals surface area contributed by atoms with Crippen LogP contribution < -0.4 is 14.8 Å². The maximum atomic E-state index is 12.8. The number of hydrogen-bond acceptors (Lipinski definition) is 5. The Morgan fingerprint density at radius 1 is 1.14 bits per heavy atom. The molecule has 0 unspecified atom stereocenters. The van der Waals surface area contributed by atoms with Gasteiger partial charge in [0.2, 0.25) is 0 Å². The molecule has 7 nitrogen and oxygen atoms in total. The molecular weight excluding hydrogens is 356 g/mol. The Balaban J connectivity index is 2.00. The third-order valence-electron chi connectivity index (χ3n) is 4.38. The minimum atomic E-state index is -0.521. The zero-order chi connectivity index (χ0) is 20.1. The summed E-state index contributed by atoms with van der Waals surface area (Å²) in [6, 6.07) is 13.4. The highest BCUT2D eigenvalue weighted by molar-refractivity contribution is 5.94. The average molecular weight is 376 g/mol. The van der Waals surface area contributed by atoms with E-state index in [0.717, 1.165) is 5.56 Å². The van der Waals surface area contributed by atoms with Crippen molar-refractivity contribution in [2.24, 2.45) is 7.05 Å². The van der Waals surface area contributed by atoms with Crippen molar-refractivity contribution in [1.29, 1.82) is 5.26 Å². The number of aryl methyl sites for hydroxylation is 1. The lowest BCUT2D eigenvalue weighted by molar-refractivity contribution is 0.0941. The number of nitrogens with one attached hydrogen (secondary N) is 1. The van der Waals surface area contributed by atoms with Gasteiger partial charge in [-0.2, -0.15) is 5.26 Å². The molecule has 3 aromatic rings. The lowest BCUT2D eigenvalue weighted by atomic mass is 10.0. The molecule has 0 saturated carbocycles. The standard InChI is InChI=1S/C21H20N4O3/c1-25-9-8-23-20(25)19(16-10-17(27-2)12-18(11-16)28-3)24-21(26)15-6-4-14(13-22)5-7-15/h4-12,19H,1-3H3,(H,24,26)/t19-/m0/s1. The van der Waals surface area contributed by atoms with Crippen LogP contribution in [-0.4, -0.2) is 29.7 Å². The van der Waals surface area contributed by atoms with E-state index in [1.165, 1.54) is 0 Å². The minimum Gasteiger partial charge on any atom is -0.497 e. The molecule has 1 aromatic heterocycles. The molecule has 28 heavy (non-hydrogen) atoms. The number of hydrogen-bond donors (Lipinski definition) is 1. The topological polar surface area (TPSA) is 89.2 Å². The smallest absolute Gasteiger partial charge is 0.252 e. The molecule has 3 rings (SSSR count). The Bertz CT molecular complexity index is 997. The maximum Gasteiger partial charge on any atom is 0.252 e. The second kappa shape index (κ2) is 8.27. The van der Waals surface area contributed by atoms with Crippen LogP contribution in [0.25, 0.3) is 0 Å². The molecule has 7 heteroatoms. The third-order valence-corrected chi connectivity index (χ3v) is 4.38. The van der Waals surface area contributed by atoms with Crippen LogP contribution in [0.4, 0.5) is 0 Å². The summed E-state index contributed by atoms with van der Waals surface area (Å²) in [5, 5.41) is 11.9. The third kappa shape index (κ3) is 3.96. The molecule has 0 bridgehead atoms. The Morgan fingerprint density at radius 3 is 2.29 bits per heavy atom. The zero-order valence-corrected chi connectivity index (χ0v) is 15.8. The fourth-order valence-corrected chi connectivity index (χ4v) is 2.86. The molecule has 142 valence electrons. The van der Waals surface area contributed by atoms with E-state index >= 15 is 0 Å². The van der Waals surface area contributed by atoms with Crippen LogP contribution in [0.15, 0.2) is 54.9 Å². The van der Waals surface area contributed by atoms with Gasteiger partial charge in [0, 0.05) is 31.1 Å². The summed E-state index contributed by atoms with van der Waals surface area (Å²) in [6.07, 6.45) is 3.49. The fourth-order valence-electron chi connectivity index (χ4n) is 2.86. The summed E-state index contributed by atoms with van der Waals surface area (Å²) in [5.41, 5.74) is 1.72. The Labute approximate surface area is 163 Å². The normalized spacial score (nSPS) is 11.4. The van der Waals surface area contributed by atoms with E-state index < -0.39 is 6.04 Å². The highest BCUT2D eigenvalue weighted by Crippen LogP contribution is 2.29. The van der Waals surface area contributed by atoms with Gasteiger partial charge in [0.25, 0.3) is 5.91 Å². The number of aromatic nitrogens is 2. The van der Waals surface area contributed by atoms with E-state index in [1.54, 1.807) is 50.7 Å². The van der Waals surface area contributed by atoms with Crippen LogP contribution in [-0.2, 0) is 7.05 Å². The summed E-state index contributed by atoms with van der Waals surface area (Å²) in [4.78, 5) is 17.3. The van der Waals surface area contributed by atoms with E-state index in [2.05, 4.69) is 10.3 Å². The zero-order valence-electron chi connectivity index (χ0n) is 15.8. The molecule has 0 radical (unpaired) electrons. The van der Waals surface area contributed by atoms with Gasteiger partial charge < -0.3 is 19.4 Å². The minimum absolute atomic E-state index is 0.278. The van der Waals surface area contributed by atoms with Gasteiger partial charge in [0.15, 0.2) is 0 Å². The van der Waals surface area contributed by atoms with Crippen LogP contribution in [0.3, 0.4) is 0 Å². The highest BCUT2D eigenvalue weighted by atomic mass is 16.5. The van der Waals surface area contributed by atoms with Crippen molar-refractivity contribution in [2.75, 3.05) is 14.2 Å². The molecule has 0 aliphatic heterocycles. The van der Waals surface area contributed by atoms with Crippen molar-refractivity contribution in [3.63, 3.8) is 0 Å². The van der Waals surface area contributed by atoms with Crippen LogP contribution in [0.5, 0.6) is 11.5 Å². The van der Waals surface area contributed by atoms with Gasteiger partial charge in [-0.1, -0.05) is 0 Å². The lowest BCUT2D eigenvalue weighted by Gasteiger charge is -2.20. The van der Waals surface area contributed by atoms with Crippen molar-refractivity contribution < 1.29 is 14.3 Å². The molecule has 1 atom stereocenters. The summed E-state index contributed by atoms with van der Waals surface area (Å²) < 4.78 is 12.6. The summed E-state index contributed by atoms with van der Waals surface area (Å²) in [7, 11) is 5.01. The number of carbonyl (C=O) groups is 1. The number of rotatable bonds is 6. The van der Waals surface area contributed by atoms with E-state index in [9.17, 15) is 4.79 Å². The molecular formula is C21H20N4O3. The maximum absolute atomic E-state index is 12.8. The van der Waals surface area contributed by atoms with Crippen molar-refractivity contribution in [2.45, 2.75) is 6.04 Å². The lowest BCUT2D eigenvalue weighted by Crippen LogP contribution is -2.31. The van der Waals surface area contributed by atoms with Crippen LogP contribution >= 0.6 is 0 Å². The first-order valence-electron chi connectivity index (χ1n) is 8.57. The Morgan fingerprint density at radius 2 is 1.79 bits per heavy atom. The van der Waals surface area contributed by atoms with Crippen LogP contribution in [0, 0.1) is 11.3 Å². The molecule has 2 aromatic carbocycles. The van der Waals surface area contributed by atoms with Crippen LogP contribution in [0.1, 0.15) is 33.4 Å². The number of nitriles is 1. The first kappa shape index (κ1) is 19.0. The SMILES string of the molecule is COc1cc(OC)cc([C@H](NC(=O)c2ccc(C#N)cc2)c2nccn2C)c1. The number of imidazole rings is 1. The van der Waals surface area contributed by atoms with Gasteiger partial charge >= 0.3 is 0 Å². The number of methoxy groups -OCH3 is 2. The van der Waals surface area contributed by atoms with E-state index in [-0.39, 0.29) is 5.91 Å². The molecule has 0 aliphatic rings. The predicted octanol–water partition coefficient (Wildman–Crippen LogP) is 2.83. The van der Waals surface area contributed by atoms with Crippen molar-refractivity contribution in [3.05, 3.63) is 77.4 Å². The molecule has 0 spiro atoms. The number of amides is 1. The summed E-state index contributed by atoms with van der Waals surface area (Å²) in [6.45, 7) is 0. The Hall–Kier alpha value is -3.79. The van der Waals surface area contributed by atoms with Gasteiger partial charge in [0.1, 0.15) is 23.4 Å². The molecule has 1 amide bonds. The largest absolute Gasteiger partial charge is 0.497 e. The number of benzene rings is 2. The molecule has 1 heterocycles. The molecule has 0 fully saturated rings. The molecule has 1 N–H and O–H groups in total. The number of ether oxygens (including phenoxy) is 2. The van der Waals surface area contributed by atoms with Crippen molar-refractivity contribution in [1.82, 2.24) is 14.9 Å². The van der Waals surface area contributed by atoms with Gasteiger partial charge in [-0.25, -0.2) is 4.98 Å². The van der Waals surface area contributed by atoms with E-state index in [1.807, 2.05) is 36.0 Å². The monoisotopic (exact) mass is 376 g/mol. The highest BCUT2D eigenvalue weighted by Gasteiger charge is 2.23. The van der Waals surface area contributed by atoms with E-state index in [0.29, 0.717) is 28.5 Å². The van der Waals surface area contributed by atoms with Gasteiger partial charge in [-0.15, -0.1) is 0 Å². The van der Waals surface area contributed by atoms with E-state index in [4.69, 9.17) is 14.7 Å². The fraction of sp³-hybridized carbons (Fsp3) is 0.190. The van der Waals surface area contributed by atoms with Crippen molar-refractivity contribution >= 4 is 5.91 Å². The van der Waals surface area contributed by atoms with Crippen molar-refractivity contribution in [3.8, 4) is 17.6 Å². The number of nitrogens with zero attached hydrogens (tertiary/aromatic N) is 3.